The summed E-state index contributed by atoms with van der Waals surface area (Å²) in [4.78, 5) is 15.4. The number of nitrogens with zero attached hydrogens (tertiary/aromatic N) is 3. The maximum Gasteiger partial charge on any atom is 0.573 e. The number of ether oxygens (including phenoxy) is 1. The molecule has 0 saturated carbocycles. The number of benzene rings is 1. The Bertz CT molecular complexity index is 923. The highest BCUT2D eigenvalue weighted by atomic mass is 127. The lowest BCUT2D eigenvalue weighted by Gasteiger charge is -2.09. The van der Waals surface area contributed by atoms with Gasteiger partial charge in [0, 0.05) is 6.20 Å². The molecule has 1 N–H and O–H groups in total. The number of hydrogen-bond donors (Lipinski definition) is 1. The second kappa shape index (κ2) is 5.92. The van der Waals surface area contributed by atoms with Gasteiger partial charge in [-0.25, -0.2) is 14.5 Å². The molecule has 0 aliphatic heterocycles. The zero-order valence-corrected chi connectivity index (χ0v) is 13.7. The Hall–Kier alpha value is -2.37. The van der Waals surface area contributed by atoms with Crippen LogP contribution >= 0.6 is 22.6 Å². The number of aromatic carboxylic acids is 1. The molecule has 24 heavy (non-hydrogen) atoms. The van der Waals surface area contributed by atoms with Gasteiger partial charge in [0.1, 0.15) is 9.45 Å². The number of alkyl halides is 3. The van der Waals surface area contributed by atoms with E-state index in [0.29, 0.717) is 20.4 Å². The van der Waals surface area contributed by atoms with Crippen LogP contribution in [0.25, 0.3) is 16.7 Å². The van der Waals surface area contributed by atoms with Gasteiger partial charge >= 0.3 is 12.3 Å². The maximum absolute atomic E-state index is 12.2. The second-order valence-corrected chi connectivity index (χ2v) is 5.63. The predicted octanol–water partition coefficient (Wildman–Crippen LogP) is 3.62. The van der Waals surface area contributed by atoms with Crippen LogP contribution in [0.3, 0.4) is 0 Å². The van der Waals surface area contributed by atoms with E-state index in [1.165, 1.54) is 29.1 Å². The standard InChI is InChI=1S/C14H7F3IN3O3/c15-14(16,17)24-8-3-1-7(2-4-8)21-12-10(11(18)20-21)9(13(22)23)5-6-19-12/h1-6H,(H,22,23). The average molecular weight is 449 g/mol. The van der Waals surface area contributed by atoms with E-state index >= 15 is 0 Å². The van der Waals surface area contributed by atoms with Gasteiger partial charge in [-0.2, -0.15) is 5.10 Å². The van der Waals surface area contributed by atoms with E-state index in [2.05, 4.69) is 14.8 Å². The molecule has 0 spiro atoms. The molecule has 0 amide bonds. The van der Waals surface area contributed by atoms with E-state index in [0.717, 1.165) is 12.1 Å². The fourth-order valence-corrected chi connectivity index (χ4v) is 2.89. The Balaban J connectivity index is 2.07. The largest absolute Gasteiger partial charge is 0.573 e. The number of carboxylic acid groups (broad SMARTS) is 1. The summed E-state index contributed by atoms with van der Waals surface area (Å²) in [6.07, 6.45) is -3.44. The van der Waals surface area contributed by atoms with Crippen LogP contribution in [-0.2, 0) is 0 Å². The second-order valence-electron chi connectivity index (χ2n) is 4.61. The minimum atomic E-state index is -4.77. The summed E-state index contributed by atoms with van der Waals surface area (Å²) in [7, 11) is 0. The van der Waals surface area contributed by atoms with E-state index in [1.54, 1.807) is 0 Å². The number of fused-ring (bicyclic) bond motifs is 1. The van der Waals surface area contributed by atoms with Crippen LogP contribution < -0.4 is 4.74 Å². The van der Waals surface area contributed by atoms with Crippen molar-refractivity contribution in [2.45, 2.75) is 6.36 Å². The molecule has 0 atom stereocenters. The van der Waals surface area contributed by atoms with E-state index < -0.39 is 12.3 Å². The van der Waals surface area contributed by atoms with E-state index in [9.17, 15) is 23.1 Å². The Kier molecular flexibility index (Phi) is 4.07. The number of carboxylic acids is 1. The Morgan fingerprint density at radius 1 is 1.21 bits per heavy atom. The van der Waals surface area contributed by atoms with Crippen LogP contribution in [0.5, 0.6) is 5.75 Å². The van der Waals surface area contributed by atoms with E-state index in [-0.39, 0.29) is 11.3 Å². The normalized spacial score (nSPS) is 11.7. The zero-order chi connectivity index (χ0) is 17.5. The van der Waals surface area contributed by atoms with Crippen LogP contribution in [0, 0.1) is 3.70 Å². The highest BCUT2D eigenvalue weighted by Gasteiger charge is 2.31. The highest BCUT2D eigenvalue weighted by Crippen LogP contribution is 2.27. The maximum atomic E-state index is 12.2. The van der Waals surface area contributed by atoms with Crippen molar-refractivity contribution in [2.75, 3.05) is 0 Å². The fraction of sp³-hybridized carbons (Fsp3) is 0.0714. The van der Waals surface area contributed by atoms with Crippen molar-refractivity contribution < 1.29 is 27.8 Å². The molecule has 0 aliphatic rings. The molecule has 3 aromatic rings. The molecule has 0 radical (unpaired) electrons. The molecule has 1 aromatic carbocycles. The molecule has 3 rings (SSSR count). The third-order valence-electron chi connectivity index (χ3n) is 3.07. The molecule has 0 bridgehead atoms. The summed E-state index contributed by atoms with van der Waals surface area (Å²) < 4.78 is 42.2. The number of carbonyl (C=O) groups is 1. The smallest absolute Gasteiger partial charge is 0.478 e. The molecule has 2 aromatic heterocycles. The predicted molar refractivity (Wildman–Crippen MR) is 85.2 cm³/mol. The first-order valence-corrected chi connectivity index (χ1v) is 7.47. The molecule has 0 unspecified atom stereocenters. The van der Waals surface area contributed by atoms with Crippen molar-refractivity contribution in [3.8, 4) is 11.4 Å². The van der Waals surface area contributed by atoms with E-state index in [1.807, 2.05) is 22.6 Å². The van der Waals surface area contributed by atoms with Gasteiger partial charge in [0.15, 0.2) is 5.65 Å². The van der Waals surface area contributed by atoms with Gasteiger partial charge in [0.05, 0.1) is 16.6 Å². The quantitative estimate of drug-likeness (QED) is 0.619. The van der Waals surface area contributed by atoms with Gasteiger partial charge in [-0.05, 0) is 52.9 Å². The number of rotatable bonds is 3. The van der Waals surface area contributed by atoms with Gasteiger partial charge in [-0.3, -0.25) is 0 Å². The minimum absolute atomic E-state index is 0.0488. The topological polar surface area (TPSA) is 77.2 Å². The molecule has 0 saturated heterocycles. The lowest BCUT2D eigenvalue weighted by atomic mass is 10.2. The molecule has 0 aliphatic carbocycles. The lowest BCUT2D eigenvalue weighted by molar-refractivity contribution is -0.274. The molecule has 10 heteroatoms. The first-order chi connectivity index (χ1) is 11.3. The Morgan fingerprint density at radius 2 is 1.88 bits per heavy atom. The molecular formula is C14H7F3IN3O3. The van der Waals surface area contributed by atoms with Crippen molar-refractivity contribution >= 4 is 39.6 Å². The molecule has 124 valence electrons. The molecule has 2 heterocycles. The van der Waals surface area contributed by atoms with Crippen LogP contribution in [0.15, 0.2) is 36.5 Å². The summed E-state index contributed by atoms with van der Waals surface area (Å²) in [5.41, 5.74) is 0.768. The monoisotopic (exact) mass is 449 g/mol. The van der Waals surface area contributed by atoms with Crippen molar-refractivity contribution in [3.63, 3.8) is 0 Å². The SMILES string of the molecule is O=C(O)c1ccnc2c1c(I)nn2-c1ccc(OC(F)(F)F)cc1. The Labute approximate surface area is 146 Å². The van der Waals surface area contributed by atoms with Crippen molar-refractivity contribution in [2.24, 2.45) is 0 Å². The first-order valence-electron chi connectivity index (χ1n) is 6.39. The van der Waals surface area contributed by atoms with Gasteiger partial charge in [-0.15, -0.1) is 13.2 Å². The van der Waals surface area contributed by atoms with Crippen LogP contribution in [0.4, 0.5) is 13.2 Å². The number of hydrogen-bond acceptors (Lipinski definition) is 4. The minimum Gasteiger partial charge on any atom is -0.478 e. The molecule has 6 nitrogen and oxygen atoms in total. The number of pyridine rings is 1. The highest BCUT2D eigenvalue weighted by molar-refractivity contribution is 14.1. The summed E-state index contributed by atoms with van der Waals surface area (Å²) >= 11 is 1.88. The van der Waals surface area contributed by atoms with Crippen molar-refractivity contribution in [1.29, 1.82) is 0 Å². The number of halogens is 4. The van der Waals surface area contributed by atoms with Gasteiger partial charge < -0.3 is 9.84 Å². The van der Waals surface area contributed by atoms with Gasteiger partial charge in [0.2, 0.25) is 0 Å². The van der Waals surface area contributed by atoms with Crippen LogP contribution in [0.1, 0.15) is 10.4 Å². The van der Waals surface area contributed by atoms with Gasteiger partial charge in [0.25, 0.3) is 0 Å². The summed E-state index contributed by atoms with van der Waals surface area (Å²) in [6, 6.07) is 6.39. The van der Waals surface area contributed by atoms with Crippen molar-refractivity contribution in [1.82, 2.24) is 14.8 Å². The molecule has 0 fully saturated rings. The molecular weight excluding hydrogens is 442 g/mol. The summed E-state index contributed by atoms with van der Waals surface area (Å²) in [5, 5.41) is 13.8. The fourth-order valence-electron chi connectivity index (χ4n) is 2.15. The summed E-state index contributed by atoms with van der Waals surface area (Å²) in [6.45, 7) is 0. The lowest BCUT2D eigenvalue weighted by Crippen LogP contribution is -2.17. The van der Waals surface area contributed by atoms with Crippen LogP contribution in [-0.4, -0.2) is 32.2 Å². The zero-order valence-electron chi connectivity index (χ0n) is 11.6. The average Bonchev–Trinajstić information content (AvgIpc) is 2.84. The Morgan fingerprint density at radius 3 is 2.46 bits per heavy atom. The van der Waals surface area contributed by atoms with E-state index in [4.69, 9.17) is 0 Å². The number of aromatic nitrogens is 3. The van der Waals surface area contributed by atoms with Crippen molar-refractivity contribution in [3.05, 3.63) is 45.8 Å². The third kappa shape index (κ3) is 3.13. The summed E-state index contributed by atoms with van der Waals surface area (Å²) in [5.74, 6) is -1.48. The van der Waals surface area contributed by atoms with Gasteiger partial charge in [-0.1, -0.05) is 0 Å². The first kappa shape index (κ1) is 16.5. The third-order valence-corrected chi connectivity index (χ3v) is 3.83. The van der Waals surface area contributed by atoms with Crippen LogP contribution in [0.2, 0.25) is 0 Å².